The highest BCUT2D eigenvalue weighted by Gasteiger charge is 2.08. The Bertz CT molecular complexity index is 345. The normalized spacial score (nSPS) is 11.8. The third kappa shape index (κ3) is 2.66. The largest absolute Gasteiger partial charge is 0.399 e. The number of ketones is 1. The van der Waals surface area contributed by atoms with Crippen molar-refractivity contribution in [2.75, 3.05) is 6.26 Å². The van der Waals surface area contributed by atoms with E-state index >= 15 is 0 Å². The predicted molar refractivity (Wildman–Crippen MR) is 50.6 cm³/mol. The molecular formula is C7H9N3O2S. The molecular weight excluding hydrogens is 190 g/mol. The highest BCUT2D eigenvalue weighted by molar-refractivity contribution is 8.13. The van der Waals surface area contributed by atoms with Crippen LogP contribution in [0.5, 0.6) is 0 Å². The van der Waals surface area contributed by atoms with Gasteiger partial charge in [0, 0.05) is 6.92 Å². The van der Waals surface area contributed by atoms with Gasteiger partial charge in [0.2, 0.25) is 5.78 Å². The van der Waals surface area contributed by atoms with Gasteiger partial charge in [-0.2, -0.15) is 4.99 Å². The van der Waals surface area contributed by atoms with Crippen LogP contribution in [-0.2, 0) is 0 Å². The number of aliphatic imine (C=N–C) groups is 1. The molecule has 0 radical (unpaired) electrons. The van der Waals surface area contributed by atoms with Crippen LogP contribution in [0, 0.1) is 0 Å². The van der Waals surface area contributed by atoms with E-state index in [0.717, 1.165) is 5.04 Å². The molecule has 1 heterocycles. The van der Waals surface area contributed by atoms with E-state index in [4.69, 9.17) is 4.42 Å². The Morgan fingerprint density at radius 2 is 2.15 bits per heavy atom. The van der Waals surface area contributed by atoms with Gasteiger partial charge in [-0.3, -0.25) is 4.79 Å². The molecule has 0 aliphatic heterocycles. The van der Waals surface area contributed by atoms with Gasteiger partial charge >= 0.3 is 6.01 Å². The summed E-state index contributed by atoms with van der Waals surface area (Å²) < 4.78 is 4.94. The number of carbonyl (C=O) groups is 1. The summed E-state index contributed by atoms with van der Waals surface area (Å²) in [6.07, 6.45) is 1.89. The summed E-state index contributed by atoms with van der Waals surface area (Å²) in [5.74, 6) is -0.261. The quantitative estimate of drug-likeness (QED) is 0.412. The second-order valence-electron chi connectivity index (χ2n) is 2.28. The second-order valence-corrected chi connectivity index (χ2v) is 3.28. The molecule has 0 saturated heterocycles. The van der Waals surface area contributed by atoms with Crippen molar-refractivity contribution in [3.05, 3.63) is 5.89 Å². The minimum Gasteiger partial charge on any atom is -0.399 e. The molecule has 1 rings (SSSR count). The van der Waals surface area contributed by atoms with Crippen LogP contribution in [0.3, 0.4) is 0 Å². The van der Waals surface area contributed by atoms with Crippen LogP contribution >= 0.6 is 11.8 Å². The van der Waals surface area contributed by atoms with E-state index in [-0.39, 0.29) is 17.7 Å². The first kappa shape index (κ1) is 9.91. The average molecular weight is 199 g/mol. The number of rotatable bonds is 2. The molecule has 0 amide bonds. The Morgan fingerprint density at radius 1 is 1.46 bits per heavy atom. The van der Waals surface area contributed by atoms with E-state index < -0.39 is 0 Å². The molecule has 6 heteroatoms. The highest BCUT2D eigenvalue weighted by Crippen LogP contribution is 2.12. The van der Waals surface area contributed by atoms with E-state index in [0.29, 0.717) is 0 Å². The van der Waals surface area contributed by atoms with Crippen molar-refractivity contribution in [3.8, 4) is 0 Å². The summed E-state index contributed by atoms with van der Waals surface area (Å²) in [7, 11) is 0. The van der Waals surface area contributed by atoms with Gasteiger partial charge in [0.05, 0.1) is 5.04 Å². The molecule has 13 heavy (non-hydrogen) atoms. The minimum absolute atomic E-state index is 0.00680. The maximum Gasteiger partial charge on any atom is 0.343 e. The standard InChI is InChI=1S/C7H9N3O2S/c1-4(11)6-9-10-7(12-6)8-5(2)13-3/h1-3H3. The summed E-state index contributed by atoms with van der Waals surface area (Å²) in [5, 5.41) is 7.91. The lowest BCUT2D eigenvalue weighted by Gasteiger charge is -1.88. The van der Waals surface area contributed by atoms with Crippen molar-refractivity contribution in [1.82, 2.24) is 10.2 Å². The van der Waals surface area contributed by atoms with E-state index in [1.54, 1.807) is 0 Å². The van der Waals surface area contributed by atoms with Crippen molar-refractivity contribution in [1.29, 1.82) is 0 Å². The fraction of sp³-hybridized carbons (Fsp3) is 0.429. The Morgan fingerprint density at radius 3 is 2.62 bits per heavy atom. The summed E-state index contributed by atoms with van der Waals surface area (Å²) in [4.78, 5) is 14.7. The first-order chi connectivity index (χ1) is 6.13. The van der Waals surface area contributed by atoms with Gasteiger partial charge in [-0.15, -0.1) is 16.9 Å². The lowest BCUT2D eigenvalue weighted by atomic mass is 10.5. The lowest BCUT2D eigenvalue weighted by Crippen LogP contribution is -1.90. The van der Waals surface area contributed by atoms with Crippen LogP contribution in [0.1, 0.15) is 24.5 Å². The molecule has 0 N–H and O–H groups in total. The summed E-state index contributed by atoms with van der Waals surface area (Å²) in [5.41, 5.74) is 0. The summed E-state index contributed by atoms with van der Waals surface area (Å²) in [6.45, 7) is 3.19. The molecule has 70 valence electrons. The molecule has 1 aromatic heterocycles. The monoisotopic (exact) mass is 199 g/mol. The van der Waals surface area contributed by atoms with Crippen LogP contribution in [-0.4, -0.2) is 27.3 Å². The molecule has 0 aliphatic rings. The van der Waals surface area contributed by atoms with Crippen LogP contribution < -0.4 is 0 Å². The summed E-state index contributed by atoms with van der Waals surface area (Å²) >= 11 is 1.47. The van der Waals surface area contributed by atoms with E-state index in [9.17, 15) is 4.79 Å². The number of thioether (sulfide) groups is 1. The van der Waals surface area contributed by atoms with Crippen LogP contribution in [0.2, 0.25) is 0 Å². The van der Waals surface area contributed by atoms with E-state index in [1.165, 1.54) is 18.7 Å². The van der Waals surface area contributed by atoms with Gasteiger partial charge in [-0.25, -0.2) is 0 Å². The fourth-order valence-corrected chi connectivity index (χ4v) is 0.753. The van der Waals surface area contributed by atoms with Crippen LogP contribution in [0.25, 0.3) is 0 Å². The fourth-order valence-electron chi connectivity index (χ4n) is 0.583. The third-order valence-electron chi connectivity index (χ3n) is 1.26. The van der Waals surface area contributed by atoms with Crippen molar-refractivity contribution >= 4 is 28.6 Å². The molecule has 0 unspecified atom stereocenters. The molecule has 0 aliphatic carbocycles. The van der Waals surface area contributed by atoms with Gasteiger partial charge in [-0.1, -0.05) is 5.10 Å². The molecule has 0 atom stereocenters. The third-order valence-corrected chi connectivity index (χ3v) is 1.95. The lowest BCUT2D eigenvalue weighted by molar-refractivity contribution is 0.0981. The van der Waals surface area contributed by atoms with Crippen LogP contribution in [0.4, 0.5) is 6.01 Å². The number of carbonyl (C=O) groups excluding carboxylic acids is 1. The number of nitrogens with zero attached hydrogens (tertiary/aromatic N) is 3. The Balaban J connectivity index is 2.86. The molecule has 0 bridgehead atoms. The zero-order valence-corrected chi connectivity index (χ0v) is 8.38. The topological polar surface area (TPSA) is 68.3 Å². The average Bonchev–Trinajstić information content (AvgIpc) is 2.52. The number of aromatic nitrogens is 2. The van der Waals surface area contributed by atoms with Crippen molar-refractivity contribution in [2.24, 2.45) is 4.99 Å². The first-order valence-electron chi connectivity index (χ1n) is 3.57. The number of hydrogen-bond donors (Lipinski definition) is 0. The molecule has 0 saturated carbocycles. The number of hydrogen-bond acceptors (Lipinski definition) is 6. The van der Waals surface area contributed by atoms with Gasteiger partial charge in [0.25, 0.3) is 5.89 Å². The predicted octanol–water partition coefficient (Wildman–Crippen LogP) is 1.69. The van der Waals surface area contributed by atoms with E-state index in [2.05, 4.69) is 15.2 Å². The SMILES string of the molecule is CSC(C)=Nc1nnc(C(C)=O)o1. The minimum atomic E-state index is -0.254. The summed E-state index contributed by atoms with van der Waals surface area (Å²) in [6, 6.07) is 0.122. The van der Waals surface area contributed by atoms with Gasteiger partial charge in [-0.05, 0) is 13.2 Å². The maximum absolute atomic E-state index is 10.8. The molecule has 0 aromatic carbocycles. The van der Waals surface area contributed by atoms with Gasteiger partial charge in [0.15, 0.2) is 0 Å². The van der Waals surface area contributed by atoms with Gasteiger partial charge < -0.3 is 4.42 Å². The first-order valence-corrected chi connectivity index (χ1v) is 4.79. The maximum atomic E-state index is 10.8. The molecule has 1 aromatic rings. The van der Waals surface area contributed by atoms with Crippen molar-refractivity contribution in [2.45, 2.75) is 13.8 Å². The molecule has 5 nitrogen and oxygen atoms in total. The zero-order valence-electron chi connectivity index (χ0n) is 7.57. The Kier molecular flexibility index (Phi) is 3.18. The molecule has 0 fully saturated rings. The molecule has 0 spiro atoms. The Hall–Kier alpha value is -1.17. The van der Waals surface area contributed by atoms with E-state index in [1.807, 2.05) is 13.2 Å². The Labute approximate surface area is 79.6 Å². The van der Waals surface area contributed by atoms with Crippen molar-refractivity contribution < 1.29 is 9.21 Å². The highest BCUT2D eigenvalue weighted by atomic mass is 32.2. The van der Waals surface area contributed by atoms with Crippen LogP contribution in [0.15, 0.2) is 9.41 Å². The smallest absolute Gasteiger partial charge is 0.343 e. The second kappa shape index (κ2) is 4.18. The zero-order chi connectivity index (χ0) is 9.84. The van der Waals surface area contributed by atoms with Crippen molar-refractivity contribution in [3.63, 3.8) is 0 Å². The number of Topliss-reactive ketones (excluding diaryl/α,β-unsaturated/α-hetero) is 1. The van der Waals surface area contributed by atoms with Gasteiger partial charge in [0.1, 0.15) is 0 Å².